The van der Waals surface area contributed by atoms with E-state index in [1.54, 1.807) is 0 Å². The van der Waals surface area contributed by atoms with Crippen LogP contribution in [0.3, 0.4) is 0 Å². The topological polar surface area (TPSA) is 46.2 Å². The largest absolute Gasteiger partial charge is 0.353 e. The van der Waals surface area contributed by atoms with Crippen molar-refractivity contribution in [1.82, 2.24) is 5.32 Å². The van der Waals surface area contributed by atoms with Crippen molar-refractivity contribution in [3.63, 3.8) is 0 Å². The van der Waals surface area contributed by atoms with Gasteiger partial charge in [0.05, 0.1) is 0 Å². The van der Waals surface area contributed by atoms with E-state index in [1.807, 2.05) is 42.5 Å². The van der Waals surface area contributed by atoms with Gasteiger partial charge in [-0.1, -0.05) is 55.3 Å². The Morgan fingerprint density at radius 2 is 1.95 bits per heavy atom. The first-order valence-electron chi connectivity index (χ1n) is 7.10. The molecule has 0 spiro atoms. The molecule has 2 rings (SSSR count). The Labute approximate surface area is 122 Å². The van der Waals surface area contributed by atoms with E-state index in [-0.39, 0.29) is 11.7 Å². The highest BCUT2D eigenvalue weighted by Crippen LogP contribution is 2.17. The van der Waals surface area contributed by atoms with Gasteiger partial charge in [-0.05, 0) is 18.4 Å². The lowest BCUT2D eigenvalue weighted by molar-refractivity contribution is -0.119. The molecule has 1 N–H and O–H groups in total. The summed E-state index contributed by atoms with van der Waals surface area (Å²) in [5.41, 5.74) is 1.08. The SMILES string of the molecule is O=C(C[S@@](=O)C/C=C\c1ccccc1)NC1CCCC1. The first-order chi connectivity index (χ1) is 9.74. The monoisotopic (exact) mass is 291 g/mol. The molecular formula is C16H21NO2S. The molecule has 108 valence electrons. The van der Waals surface area contributed by atoms with E-state index in [0.29, 0.717) is 11.8 Å². The summed E-state index contributed by atoms with van der Waals surface area (Å²) in [7, 11) is -1.12. The normalized spacial score (nSPS) is 17.4. The van der Waals surface area contributed by atoms with E-state index in [2.05, 4.69) is 5.32 Å². The van der Waals surface area contributed by atoms with Crippen LogP contribution in [0.1, 0.15) is 31.2 Å². The van der Waals surface area contributed by atoms with Gasteiger partial charge in [0.1, 0.15) is 5.75 Å². The first-order valence-corrected chi connectivity index (χ1v) is 8.59. The zero-order valence-electron chi connectivity index (χ0n) is 11.6. The quantitative estimate of drug-likeness (QED) is 0.875. The molecule has 0 radical (unpaired) electrons. The molecular weight excluding hydrogens is 270 g/mol. The molecule has 1 aromatic carbocycles. The number of amides is 1. The molecule has 4 heteroatoms. The maximum absolute atomic E-state index is 11.8. The van der Waals surface area contributed by atoms with Gasteiger partial charge in [-0.15, -0.1) is 0 Å². The highest BCUT2D eigenvalue weighted by Gasteiger charge is 2.17. The first kappa shape index (κ1) is 15.0. The van der Waals surface area contributed by atoms with Gasteiger partial charge in [0.15, 0.2) is 0 Å². The van der Waals surface area contributed by atoms with Crippen LogP contribution in [0.4, 0.5) is 0 Å². The average Bonchev–Trinajstić information content (AvgIpc) is 2.92. The molecule has 3 nitrogen and oxygen atoms in total. The van der Waals surface area contributed by atoms with Gasteiger partial charge in [-0.3, -0.25) is 9.00 Å². The maximum Gasteiger partial charge on any atom is 0.232 e. The number of carbonyl (C=O) groups excluding carboxylic acids is 1. The Kier molecular flexibility index (Phi) is 5.99. The van der Waals surface area contributed by atoms with Crippen molar-refractivity contribution < 1.29 is 9.00 Å². The molecule has 0 bridgehead atoms. The van der Waals surface area contributed by atoms with Crippen LogP contribution in [0.5, 0.6) is 0 Å². The zero-order valence-corrected chi connectivity index (χ0v) is 12.4. The van der Waals surface area contributed by atoms with Crippen molar-refractivity contribution in [3.05, 3.63) is 42.0 Å². The van der Waals surface area contributed by atoms with Gasteiger partial charge >= 0.3 is 0 Å². The summed E-state index contributed by atoms with van der Waals surface area (Å²) in [4.78, 5) is 11.7. The highest BCUT2D eigenvalue weighted by atomic mass is 32.2. The lowest BCUT2D eigenvalue weighted by Crippen LogP contribution is -2.36. The maximum atomic E-state index is 11.8. The summed E-state index contributed by atoms with van der Waals surface area (Å²) in [6.45, 7) is 0. The summed E-state index contributed by atoms with van der Waals surface area (Å²) in [6, 6.07) is 10.2. The summed E-state index contributed by atoms with van der Waals surface area (Å²) in [6.07, 6.45) is 8.31. The Morgan fingerprint density at radius 1 is 1.25 bits per heavy atom. The van der Waals surface area contributed by atoms with E-state index in [0.717, 1.165) is 18.4 Å². The average molecular weight is 291 g/mol. The fourth-order valence-corrected chi connectivity index (χ4v) is 3.20. The number of rotatable bonds is 6. The van der Waals surface area contributed by atoms with Crippen LogP contribution in [0, 0.1) is 0 Å². The highest BCUT2D eigenvalue weighted by molar-refractivity contribution is 7.85. The van der Waals surface area contributed by atoms with Crippen molar-refractivity contribution in [2.75, 3.05) is 11.5 Å². The second-order valence-electron chi connectivity index (χ2n) is 5.11. The van der Waals surface area contributed by atoms with Crippen LogP contribution < -0.4 is 5.32 Å². The summed E-state index contributed by atoms with van der Waals surface area (Å²) in [5, 5.41) is 2.96. The minimum Gasteiger partial charge on any atom is -0.353 e. The summed E-state index contributed by atoms with van der Waals surface area (Å²) < 4.78 is 11.8. The van der Waals surface area contributed by atoms with Gasteiger partial charge in [0, 0.05) is 22.6 Å². The number of benzene rings is 1. The molecule has 0 aliphatic heterocycles. The van der Waals surface area contributed by atoms with Crippen LogP contribution in [0.2, 0.25) is 0 Å². The van der Waals surface area contributed by atoms with Crippen molar-refractivity contribution >= 4 is 22.8 Å². The van der Waals surface area contributed by atoms with E-state index in [4.69, 9.17) is 0 Å². The van der Waals surface area contributed by atoms with Gasteiger partial charge < -0.3 is 5.32 Å². The van der Waals surface area contributed by atoms with Gasteiger partial charge in [-0.25, -0.2) is 0 Å². The zero-order chi connectivity index (χ0) is 14.2. The summed E-state index contributed by atoms with van der Waals surface area (Å²) in [5.74, 6) is 0.450. The molecule has 1 saturated carbocycles. The summed E-state index contributed by atoms with van der Waals surface area (Å²) >= 11 is 0. The number of hydrogen-bond donors (Lipinski definition) is 1. The lowest BCUT2D eigenvalue weighted by atomic mass is 10.2. The molecule has 1 fully saturated rings. The minimum absolute atomic E-state index is 0.0802. The Morgan fingerprint density at radius 3 is 2.65 bits per heavy atom. The van der Waals surface area contributed by atoms with Crippen LogP contribution >= 0.6 is 0 Å². The molecule has 20 heavy (non-hydrogen) atoms. The second-order valence-corrected chi connectivity index (χ2v) is 6.61. The fraction of sp³-hybridized carbons (Fsp3) is 0.438. The van der Waals surface area contributed by atoms with Crippen LogP contribution in [-0.4, -0.2) is 27.7 Å². The van der Waals surface area contributed by atoms with Gasteiger partial charge in [0.2, 0.25) is 5.91 Å². The third-order valence-electron chi connectivity index (χ3n) is 3.40. The Balaban J connectivity index is 1.69. The molecule has 1 aliphatic carbocycles. The van der Waals surface area contributed by atoms with Crippen molar-refractivity contribution in [3.8, 4) is 0 Å². The standard InChI is InChI=1S/C16H21NO2S/c18-16(17-15-10-4-5-11-15)13-20(19)12-6-9-14-7-2-1-3-8-14/h1-3,6-9,15H,4-5,10-13H2,(H,17,18)/b9-6-/t20-/m0/s1. The predicted molar refractivity (Wildman–Crippen MR) is 83.8 cm³/mol. The molecule has 0 unspecified atom stereocenters. The van der Waals surface area contributed by atoms with Gasteiger partial charge in [-0.2, -0.15) is 0 Å². The lowest BCUT2D eigenvalue weighted by Gasteiger charge is -2.11. The Bertz CT molecular complexity index is 479. The van der Waals surface area contributed by atoms with Crippen LogP contribution in [-0.2, 0) is 15.6 Å². The smallest absolute Gasteiger partial charge is 0.232 e. The van der Waals surface area contributed by atoms with E-state index in [9.17, 15) is 9.00 Å². The minimum atomic E-state index is -1.12. The van der Waals surface area contributed by atoms with E-state index >= 15 is 0 Å². The molecule has 0 saturated heterocycles. The number of nitrogens with one attached hydrogen (secondary N) is 1. The van der Waals surface area contributed by atoms with Crippen LogP contribution in [0.15, 0.2) is 36.4 Å². The van der Waals surface area contributed by atoms with E-state index in [1.165, 1.54) is 12.8 Å². The van der Waals surface area contributed by atoms with Crippen molar-refractivity contribution in [1.29, 1.82) is 0 Å². The molecule has 1 aromatic rings. The predicted octanol–water partition coefficient (Wildman–Crippen LogP) is 2.51. The number of hydrogen-bond acceptors (Lipinski definition) is 2. The van der Waals surface area contributed by atoms with Crippen molar-refractivity contribution in [2.45, 2.75) is 31.7 Å². The molecule has 0 heterocycles. The number of carbonyl (C=O) groups is 1. The second kappa shape index (κ2) is 8.00. The molecule has 1 atom stereocenters. The third-order valence-corrected chi connectivity index (χ3v) is 4.55. The molecule has 0 aromatic heterocycles. The Hall–Kier alpha value is -1.42. The van der Waals surface area contributed by atoms with Crippen LogP contribution in [0.25, 0.3) is 6.08 Å². The molecule has 1 amide bonds. The fourth-order valence-electron chi connectivity index (χ4n) is 2.40. The van der Waals surface area contributed by atoms with Crippen molar-refractivity contribution in [2.24, 2.45) is 0 Å². The third kappa shape index (κ3) is 5.29. The van der Waals surface area contributed by atoms with Gasteiger partial charge in [0.25, 0.3) is 0 Å². The molecule has 1 aliphatic rings. The van der Waals surface area contributed by atoms with E-state index < -0.39 is 10.8 Å².